The summed E-state index contributed by atoms with van der Waals surface area (Å²) in [6.07, 6.45) is 4.69. The van der Waals surface area contributed by atoms with Crippen LogP contribution in [0.15, 0.2) is 53.3 Å². The molecule has 0 atom stereocenters. The average molecular weight is 331 g/mol. The first-order valence-electron chi connectivity index (χ1n) is 6.53. The summed E-state index contributed by atoms with van der Waals surface area (Å²) in [5.74, 6) is 1.92. The summed E-state index contributed by atoms with van der Waals surface area (Å²) in [5, 5.41) is 0. The second kappa shape index (κ2) is 5.67. The number of hydrogen-bond acceptors (Lipinski definition) is 2. The Labute approximate surface area is 126 Å². The molecule has 3 aromatic rings. The third kappa shape index (κ3) is 2.85. The van der Waals surface area contributed by atoms with E-state index in [0.29, 0.717) is 6.61 Å². The minimum Gasteiger partial charge on any atom is -0.493 e. The normalized spacial score (nSPS) is 10.9. The topological polar surface area (TPSA) is 26.5 Å². The Morgan fingerprint density at radius 1 is 1.25 bits per heavy atom. The van der Waals surface area contributed by atoms with Gasteiger partial charge < -0.3 is 9.14 Å². The SMILES string of the molecule is Cc1cccc(OCCc2ncc3ccc(Br)cn23)c1. The van der Waals surface area contributed by atoms with Crippen LogP contribution in [0.5, 0.6) is 5.75 Å². The zero-order chi connectivity index (χ0) is 13.9. The molecule has 20 heavy (non-hydrogen) atoms. The molecule has 0 radical (unpaired) electrons. The van der Waals surface area contributed by atoms with E-state index >= 15 is 0 Å². The van der Waals surface area contributed by atoms with Gasteiger partial charge in [-0.25, -0.2) is 4.98 Å². The summed E-state index contributed by atoms with van der Waals surface area (Å²) in [6, 6.07) is 12.2. The van der Waals surface area contributed by atoms with Gasteiger partial charge in [0.15, 0.2) is 0 Å². The summed E-state index contributed by atoms with van der Waals surface area (Å²) in [7, 11) is 0. The van der Waals surface area contributed by atoms with E-state index in [0.717, 1.165) is 28.0 Å². The smallest absolute Gasteiger partial charge is 0.119 e. The number of halogens is 1. The Hall–Kier alpha value is -1.81. The zero-order valence-corrected chi connectivity index (χ0v) is 12.8. The number of benzene rings is 1. The van der Waals surface area contributed by atoms with Crippen molar-refractivity contribution in [3.05, 3.63) is 64.7 Å². The molecule has 4 heteroatoms. The Morgan fingerprint density at radius 2 is 2.15 bits per heavy atom. The van der Waals surface area contributed by atoms with Crippen molar-refractivity contribution in [1.82, 2.24) is 9.38 Å². The van der Waals surface area contributed by atoms with Crippen molar-refractivity contribution < 1.29 is 4.74 Å². The van der Waals surface area contributed by atoms with Crippen LogP contribution in [0.1, 0.15) is 11.4 Å². The predicted octanol–water partition coefficient (Wildman–Crippen LogP) is 4.03. The molecule has 3 nitrogen and oxygen atoms in total. The van der Waals surface area contributed by atoms with Crippen LogP contribution in [0, 0.1) is 6.92 Å². The lowest BCUT2D eigenvalue weighted by molar-refractivity contribution is 0.318. The summed E-state index contributed by atoms with van der Waals surface area (Å²) < 4.78 is 8.91. The second-order valence-corrected chi connectivity index (χ2v) is 5.65. The number of nitrogens with zero attached hydrogens (tertiary/aromatic N) is 2. The Balaban J connectivity index is 1.69. The molecule has 0 unspecified atom stereocenters. The van der Waals surface area contributed by atoms with Gasteiger partial charge in [0, 0.05) is 17.1 Å². The molecular weight excluding hydrogens is 316 g/mol. The maximum atomic E-state index is 5.77. The molecule has 1 aromatic carbocycles. The zero-order valence-electron chi connectivity index (χ0n) is 11.2. The molecule has 2 heterocycles. The average Bonchev–Trinajstić information content (AvgIpc) is 2.82. The molecule has 0 bridgehead atoms. The Kier molecular flexibility index (Phi) is 3.74. The van der Waals surface area contributed by atoms with Crippen molar-refractivity contribution in [2.75, 3.05) is 6.61 Å². The molecule has 0 aliphatic carbocycles. The second-order valence-electron chi connectivity index (χ2n) is 4.73. The third-order valence-electron chi connectivity index (χ3n) is 3.15. The van der Waals surface area contributed by atoms with Crippen LogP contribution in [0.3, 0.4) is 0 Å². The number of pyridine rings is 1. The number of aromatic nitrogens is 2. The molecular formula is C16H15BrN2O. The fourth-order valence-corrected chi connectivity index (χ4v) is 2.51. The lowest BCUT2D eigenvalue weighted by atomic mass is 10.2. The number of aryl methyl sites for hydroxylation is 1. The molecule has 0 fully saturated rings. The Bertz CT molecular complexity index is 736. The van der Waals surface area contributed by atoms with E-state index in [1.807, 2.05) is 42.7 Å². The summed E-state index contributed by atoms with van der Waals surface area (Å²) in [5.41, 5.74) is 2.30. The van der Waals surface area contributed by atoms with Crippen LogP contribution in [0.4, 0.5) is 0 Å². The monoisotopic (exact) mass is 330 g/mol. The van der Waals surface area contributed by atoms with Crippen LogP contribution in [0.25, 0.3) is 5.52 Å². The van der Waals surface area contributed by atoms with Crippen molar-refractivity contribution in [3.8, 4) is 5.75 Å². The molecule has 0 N–H and O–H groups in total. The molecule has 102 valence electrons. The minimum absolute atomic E-state index is 0.620. The summed E-state index contributed by atoms with van der Waals surface area (Å²) in [4.78, 5) is 4.45. The fourth-order valence-electron chi connectivity index (χ4n) is 2.17. The van der Waals surface area contributed by atoms with Crippen molar-refractivity contribution in [3.63, 3.8) is 0 Å². The first-order valence-corrected chi connectivity index (χ1v) is 7.32. The van der Waals surface area contributed by atoms with Crippen molar-refractivity contribution in [1.29, 1.82) is 0 Å². The highest BCUT2D eigenvalue weighted by atomic mass is 79.9. The van der Waals surface area contributed by atoms with Gasteiger partial charge in [-0.15, -0.1) is 0 Å². The molecule has 0 aliphatic heterocycles. The Morgan fingerprint density at radius 3 is 3.00 bits per heavy atom. The van der Waals surface area contributed by atoms with Gasteiger partial charge in [-0.2, -0.15) is 0 Å². The van der Waals surface area contributed by atoms with Gasteiger partial charge in [0.2, 0.25) is 0 Å². The first kappa shape index (κ1) is 13.2. The van der Waals surface area contributed by atoms with Gasteiger partial charge in [0.25, 0.3) is 0 Å². The number of rotatable bonds is 4. The van der Waals surface area contributed by atoms with E-state index in [-0.39, 0.29) is 0 Å². The number of imidazole rings is 1. The van der Waals surface area contributed by atoms with Gasteiger partial charge in [0.05, 0.1) is 18.3 Å². The minimum atomic E-state index is 0.620. The van der Waals surface area contributed by atoms with Gasteiger partial charge in [-0.1, -0.05) is 12.1 Å². The molecule has 0 saturated heterocycles. The van der Waals surface area contributed by atoms with Crippen molar-refractivity contribution in [2.24, 2.45) is 0 Å². The standard InChI is InChI=1S/C16H15BrN2O/c1-12-3-2-4-15(9-12)20-8-7-16-18-10-14-6-5-13(17)11-19(14)16/h2-6,9-11H,7-8H2,1H3. The fraction of sp³-hybridized carbons (Fsp3) is 0.188. The van der Waals surface area contributed by atoms with Crippen LogP contribution in [-0.2, 0) is 6.42 Å². The number of hydrogen-bond donors (Lipinski definition) is 0. The van der Waals surface area contributed by atoms with Gasteiger partial charge in [-0.05, 0) is 52.7 Å². The quantitative estimate of drug-likeness (QED) is 0.722. The highest BCUT2D eigenvalue weighted by Gasteiger charge is 2.04. The highest BCUT2D eigenvalue weighted by molar-refractivity contribution is 9.10. The van der Waals surface area contributed by atoms with Crippen LogP contribution in [-0.4, -0.2) is 16.0 Å². The maximum absolute atomic E-state index is 5.77. The van der Waals surface area contributed by atoms with E-state index in [1.165, 1.54) is 5.56 Å². The maximum Gasteiger partial charge on any atom is 0.119 e. The lowest BCUT2D eigenvalue weighted by Gasteiger charge is -2.06. The molecule has 0 saturated carbocycles. The third-order valence-corrected chi connectivity index (χ3v) is 3.62. The highest BCUT2D eigenvalue weighted by Crippen LogP contribution is 2.15. The van der Waals surface area contributed by atoms with E-state index in [4.69, 9.17) is 4.74 Å². The molecule has 0 spiro atoms. The van der Waals surface area contributed by atoms with E-state index in [9.17, 15) is 0 Å². The van der Waals surface area contributed by atoms with E-state index in [1.54, 1.807) is 0 Å². The number of fused-ring (bicyclic) bond motifs is 1. The van der Waals surface area contributed by atoms with Crippen molar-refractivity contribution >= 4 is 21.4 Å². The van der Waals surface area contributed by atoms with Crippen molar-refractivity contribution in [2.45, 2.75) is 13.3 Å². The first-order chi connectivity index (χ1) is 9.72. The summed E-state index contributed by atoms with van der Waals surface area (Å²) in [6.45, 7) is 2.68. The van der Waals surface area contributed by atoms with Gasteiger partial charge in [-0.3, -0.25) is 0 Å². The number of ether oxygens (including phenoxy) is 1. The predicted molar refractivity (Wildman–Crippen MR) is 83.3 cm³/mol. The van der Waals surface area contributed by atoms with Crippen LogP contribution < -0.4 is 4.74 Å². The van der Waals surface area contributed by atoms with Crippen LogP contribution >= 0.6 is 15.9 Å². The molecule has 0 aliphatic rings. The largest absolute Gasteiger partial charge is 0.493 e. The van der Waals surface area contributed by atoms with Gasteiger partial charge >= 0.3 is 0 Å². The lowest BCUT2D eigenvalue weighted by Crippen LogP contribution is -2.05. The summed E-state index contributed by atoms with van der Waals surface area (Å²) >= 11 is 3.48. The molecule has 0 amide bonds. The molecule has 2 aromatic heterocycles. The van der Waals surface area contributed by atoms with Crippen LogP contribution in [0.2, 0.25) is 0 Å². The van der Waals surface area contributed by atoms with Gasteiger partial charge in [0.1, 0.15) is 11.6 Å². The van der Waals surface area contributed by atoms with E-state index < -0.39 is 0 Å². The molecule has 3 rings (SSSR count). The van der Waals surface area contributed by atoms with E-state index in [2.05, 4.69) is 38.3 Å².